The lowest BCUT2D eigenvalue weighted by Gasteiger charge is -2.43. The largest absolute Gasteiger partial charge is 0.394 e. The summed E-state index contributed by atoms with van der Waals surface area (Å²) in [6, 6.07) is 1.99. The SMILES string of the molecule is CO[C@@H]1[C@@H](n2cc(-c3cc(F)c(F)c(F)c3)nn2)[C@@H](O)[C@@H](CO)O[C@@H]1CC1=NOC2(CCC(NC3CC3)CC2)C1. The number of rotatable bonds is 8. The van der Waals surface area contributed by atoms with Crippen LogP contribution in [-0.2, 0) is 14.3 Å². The molecule has 4 aliphatic rings. The van der Waals surface area contributed by atoms with Gasteiger partial charge in [-0.25, -0.2) is 17.9 Å². The molecule has 3 fully saturated rings. The molecule has 0 radical (unpaired) electrons. The molecule has 218 valence electrons. The van der Waals surface area contributed by atoms with E-state index in [0.29, 0.717) is 24.9 Å². The Morgan fingerprint density at radius 1 is 1.10 bits per heavy atom. The van der Waals surface area contributed by atoms with Gasteiger partial charge in [0.2, 0.25) is 0 Å². The number of hydrogen-bond acceptors (Lipinski definition) is 9. The minimum atomic E-state index is -1.58. The summed E-state index contributed by atoms with van der Waals surface area (Å²) in [6.07, 6.45) is 5.34. The highest BCUT2D eigenvalue weighted by Crippen LogP contribution is 2.41. The summed E-state index contributed by atoms with van der Waals surface area (Å²) in [5.74, 6) is -4.28. The number of methoxy groups -OCH3 is 1. The van der Waals surface area contributed by atoms with Crippen molar-refractivity contribution in [3.63, 3.8) is 0 Å². The lowest BCUT2D eigenvalue weighted by molar-refractivity contribution is -0.210. The standard InChI is InChI=1S/C27H34F3N5O5/c1-38-26-21(10-17-11-27(40-33-17)6-4-16(5-7-27)31-15-2-3-15)39-22(13-36)25(37)24(26)35-12-20(32-34-35)14-8-18(28)23(30)19(29)9-14/h8-9,12,15-16,21-22,24-26,31,36-37H,2-7,10-11,13H2,1H3/t16?,21-,22-,24+,25+,26+,27?/m1/s1. The first-order valence-corrected chi connectivity index (χ1v) is 13.8. The van der Waals surface area contributed by atoms with E-state index < -0.39 is 54.5 Å². The maximum absolute atomic E-state index is 13.8. The van der Waals surface area contributed by atoms with Gasteiger partial charge in [0, 0.05) is 37.6 Å². The number of aromatic nitrogens is 3. The Morgan fingerprint density at radius 2 is 1.80 bits per heavy atom. The van der Waals surface area contributed by atoms with Crippen molar-refractivity contribution in [2.45, 2.75) is 99.5 Å². The Kier molecular flexibility index (Phi) is 7.59. The predicted octanol–water partition coefficient (Wildman–Crippen LogP) is 2.64. The third-order valence-electron chi connectivity index (χ3n) is 8.61. The molecule has 2 saturated carbocycles. The van der Waals surface area contributed by atoms with E-state index in [4.69, 9.17) is 14.3 Å². The average Bonchev–Trinajstić information content (AvgIpc) is 3.48. The lowest BCUT2D eigenvalue weighted by Crippen LogP contribution is -2.57. The highest BCUT2D eigenvalue weighted by molar-refractivity contribution is 5.86. The van der Waals surface area contributed by atoms with Crippen LogP contribution in [-0.4, -0.2) is 86.7 Å². The number of nitrogens with zero attached hydrogens (tertiary/aromatic N) is 4. The zero-order valence-corrected chi connectivity index (χ0v) is 22.2. The van der Waals surface area contributed by atoms with E-state index in [2.05, 4.69) is 20.8 Å². The topological polar surface area (TPSA) is 123 Å². The Hall–Kier alpha value is -2.58. The molecule has 5 atom stereocenters. The van der Waals surface area contributed by atoms with Crippen molar-refractivity contribution in [2.75, 3.05) is 13.7 Å². The fourth-order valence-electron chi connectivity index (χ4n) is 6.29. The molecule has 3 heterocycles. The van der Waals surface area contributed by atoms with Gasteiger partial charge < -0.3 is 29.8 Å². The Bertz CT molecular complexity index is 1230. The Labute approximate surface area is 229 Å². The number of oxime groups is 1. The van der Waals surface area contributed by atoms with Crippen molar-refractivity contribution in [1.82, 2.24) is 20.3 Å². The van der Waals surface area contributed by atoms with Crippen LogP contribution in [0.2, 0.25) is 0 Å². The van der Waals surface area contributed by atoms with Crippen LogP contribution >= 0.6 is 0 Å². The molecular weight excluding hydrogens is 531 g/mol. The molecule has 0 amide bonds. The Balaban J connectivity index is 1.17. The van der Waals surface area contributed by atoms with Gasteiger partial charge in [0.1, 0.15) is 35.6 Å². The van der Waals surface area contributed by atoms with Gasteiger partial charge in [0.05, 0.1) is 24.6 Å². The normalized spacial score (nSPS) is 34.2. The van der Waals surface area contributed by atoms with Gasteiger partial charge in [-0.3, -0.25) is 0 Å². The van der Waals surface area contributed by atoms with E-state index in [1.807, 2.05) is 0 Å². The molecule has 1 saturated heterocycles. The lowest BCUT2D eigenvalue weighted by atomic mass is 9.78. The van der Waals surface area contributed by atoms with Crippen LogP contribution in [0, 0.1) is 17.5 Å². The fraction of sp³-hybridized carbons (Fsp3) is 0.667. The van der Waals surface area contributed by atoms with Gasteiger partial charge in [-0.2, -0.15) is 0 Å². The number of aliphatic hydroxyl groups is 2. The summed E-state index contributed by atoms with van der Waals surface area (Å²) in [4.78, 5) is 5.99. The third kappa shape index (κ3) is 5.37. The van der Waals surface area contributed by atoms with E-state index in [1.54, 1.807) is 0 Å². The molecule has 3 N–H and O–H groups in total. The molecule has 2 aromatic rings. The quantitative estimate of drug-likeness (QED) is 0.418. The number of nitrogens with one attached hydrogen (secondary N) is 1. The summed E-state index contributed by atoms with van der Waals surface area (Å²) in [5, 5.41) is 37.2. The third-order valence-corrected chi connectivity index (χ3v) is 8.61. The van der Waals surface area contributed by atoms with Gasteiger partial charge in [-0.05, 0) is 50.7 Å². The van der Waals surface area contributed by atoms with Crippen molar-refractivity contribution >= 4 is 5.71 Å². The molecule has 0 unspecified atom stereocenters. The number of halogens is 3. The van der Waals surface area contributed by atoms with E-state index >= 15 is 0 Å². The molecular formula is C27H34F3N5O5. The first-order valence-electron chi connectivity index (χ1n) is 13.8. The van der Waals surface area contributed by atoms with Crippen molar-refractivity contribution in [3.8, 4) is 11.3 Å². The van der Waals surface area contributed by atoms with Crippen molar-refractivity contribution < 1.29 is 37.7 Å². The first-order chi connectivity index (χ1) is 19.3. The van der Waals surface area contributed by atoms with Gasteiger partial charge >= 0.3 is 0 Å². The van der Waals surface area contributed by atoms with Crippen molar-refractivity contribution in [2.24, 2.45) is 5.16 Å². The van der Waals surface area contributed by atoms with E-state index in [9.17, 15) is 23.4 Å². The smallest absolute Gasteiger partial charge is 0.194 e. The minimum absolute atomic E-state index is 0.0155. The second-order valence-corrected chi connectivity index (χ2v) is 11.4. The molecule has 1 aromatic heterocycles. The van der Waals surface area contributed by atoms with Crippen LogP contribution in [0.5, 0.6) is 0 Å². The van der Waals surface area contributed by atoms with Crippen LogP contribution < -0.4 is 5.32 Å². The summed E-state index contributed by atoms with van der Waals surface area (Å²) in [5.41, 5.74) is 0.567. The van der Waals surface area contributed by atoms with E-state index in [0.717, 1.165) is 43.5 Å². The molecule has 1 spiro atoms. The number of aliphatic hydroxyl groups excluding tert-OH is 2. The number of benzene rings is 1. The van der Waals surface area contributed by atoms with Gasteiger partial charge in [-0.15, -0.1) is 5.10 Å². The molecule has 40 heavy (non-hydrogen) atoms. The monoisotopic (exact) mass is 565 g/mol. The Morgan fingerprint density at radius 3 is 2.45 bits per heavy atom. The second kappa shape index (κ2) is 11.0. The highest BCUT2D eigenvalue weighted by Gasteiger charge is 2.49. The second-order valence-electron chi connectivity index (χ2n) is 11.4. The van der Waals surface area contributed by atoms with Crippen LogP contribution in [0.1, 0.15) is 57.4 Å². The first kappa shape index (κ1) is 27.6. The molecule has 0 bridgehead atoms. The highest BCUT2D eigenvalue weighted by atomic mass is 19.2. The van der Waals surface area contributed by atoms with E-state index in [1.165, 1.54) is 30.8 Å². The summed E-state index contributed by atoms with van der Waals surface area (Å²) in [6.45, 7) is -0.456. The van der Waals surface area contributed by atoms with Gasteiger partial charge in [0.25, 0.3) is 0 Å². The summed E-state index contributed by atoms with van der Waals surface area (Å²) in [7, 11) is 1.48. The van der Waals surface area contributed by atoms with Crippen molar-refractivity contribution in [1.29, 1.82) is 0 Å². The number of ether oxygens (including phenoxy) is 2. The van der Waals surface area contributed by atoms with Gasteiger partial charge in [-0.1, -0.05) is 10.4 Å². The fourth-order valence-corrected chi connectivity index (χ4v) is 6.29. The molecule has 2 aliphatic heterocycles. The molecule has 1 aromatic carbocycles. The summed E-state index contributed by atoms with van der Waals surface area (Å²) >= 11 is 0. The zero-order valence-electron chi connectivity index (χ0n) is 22.2. The molecule has 2 aliphatic carbocycles. The summed E-state index contributed by atoms with van der Waals surface area (Å²) < 4.78 is 54.2. The maximum atomic E-state index is 13.8. The van der Waals surface area contributed by atoms with E-state index in [-0.39, 0.29) is 16.9 Å². The van der Waals surface area contributed by atoms with Crippen LogP contribution in [0.15, 0.2) is 23.5 Å². The minimum Gasteiger partial charge on any atom is -0.394 e. The average molecular weight is 566 g/mol. The predicted molar refractivity (Wildman–Crippen MR) is 136 cm³/mol. The maximum Gasteiger partial charge on any atom is 0.194 e. The number of hydrogen-bond donors (Lipinski definition) is 3. The molecule has 13 heteroatoms. The van der Waals surface area contributed by atoms with Crippen LogP contribution in [0.3, 0.4) is 0 Å². The molecule has 10 nitrogen and oxygen atoms in total. The van der Waals surface area contributed by atoms with Crippen LogP contribution in [0.25, 0.3) is 11.3 Å². The zero-order chi connectivity index (χ0) is 28.0. The van der Waals surface area contributed by atoms with Gasteiger partial charge in [0.15, 0.2) is 17.5 Å². The van der Waals surface area contributed by atoms with Crippen LogP contribution in [0.4, 0.5) is 13.2 Å². The molecule has 6 rings (SSSR count). The van der Waals surface area contributed by atoms with Crippen molar-refractivity contribution in [3.05, 3.63) is 35.8 Å².